The maximum absolute atomic E-state index is 11.0. The van der Waals surface area contributed by atoms with Gasteiger partial charge in [0.15, 0.2) is 0 Å². The summed E-state index contributed by atoms with van der Waals surface area (Å²) < 4.78 is 22.5. The largest absolute Gasteiger partial charge is 0.478 e. The molecule has 0 atom stereocenters. The molecule has 0 aliphatic heterocycles. The van der Waals surface area contributed by atoms with Gasteiger partial charge in [-0.15, -0.1) is 0 Å². The van der Waals surface area contributed by atoms with Crippen molar-refractivity contribution >= 4 is 31.9 Å². The second kappa shape index (κ2) is 7.89. The summed E-state index contributed by atoms with van der Waals surface area (Å²) in [5, 5.41) is 8.54. The number of hydrazine groups is 1. The number of benzene rings is 2. The van der Waals surface area contributed by atoms with Gasteiger partial charge in [-0.2, -0.15) is 4.83 Å². The minimum atomic E-state index is -3.47. The maximum atomic E-state index is 11.0. The van der Waals surface area contributed by atoms with Crippen molar-refractivity contribution in [2.24, 2.45) is 5.84 Å². The molecule has 0 aliphatic carbocycles. The lowest BCUT2D eigenvalue weighted by molar-refractivity contribution is 0.0696. The van der Waals surface area contributed by atoms with Crippen molar-refractivity contribution in [3.05, 3.63) is 64.6 Å². The van der Waals surface area contributed by atoms with E-state index in [9.17, 15) is 13.2 Å². The third-order valence-corrected chi connectivity index (χ3v) is 4.21. The Hall–Kier alpha value is -1.74. The highest BCUT2D eigenvalue weighted by molar-refractivity contribution is 9.10. The van der Waals surface area contributed by atoms with Crippen LogP contribution in [0.25, 0.3) is 0 Å². The highest BCUT2D eigenvalue weighted by Crippen LogP contribution is 2.14. The lowest BCUT2D eigenvalue weighted by Crippen LogP contribution is -2.30. The van der Waals surface area contributed by atoms with Gasteiger partial charge in [-0.3, -0.25) is 5.84 Å². The monoisotopic (exact) mass is 372 g/mol. The Balaban J connectivity index is 0.000000211. The number of hydrogen-bond acceptors (Lipinski definition) is 4. The van der Waals surface area contributed by atoms with Crippen LogP contribution in [0.1, 0.15) is 10.4 Å². The Bertz CT molecular complexity index is 705. The lowest BCUT2D eigenvalue weighted by Gasteiger charge is -1.99. The first-order valence-corrected chi connectivity index (χ1v) is 7.91. The SMILES string of the molecule is NNS(=O)(=O)c1ccccc1.O=C(O)c1ccccc1Br. The topological polar surface area (TPSA) is 109 Å². The Labute approximate surface area is 130 Å². The molecule has 6 nitrogen and oxygen atoms in total. The average molecular weight is 373 g/mol. The van der Waals surface area contributed by atoms with Crippen LogP contribution in [0.3, 0.4) is 0 Å². The number of sulfonamides is 1. The lowest BCUT2D eigenvalue weighted by atomic mass is 10.2. The van der Waals surface area contributed by atoms with E-state index in [2.05, 4.69) is 15.9 Å². The van der Waals surface area contributed by atoms with Crippen LogP contribution in [0.4, 0.5) is 0 Å². The van der Waals surface area contributed by atoms with Gasteiger partial charge in [-0.1, -0.05) is 30.3 Å². The normalized spacial score (nSPS) is 10.4. The summed E-state index contributed by atoms with van der Waals surface area (Å²) in [6, 6.07) is 14.6. The van der Waals surface area contributed by atoms with E-state index in [1.54, 1.807) is 47.3 Å². The van der Waals surface area contributed by atoms with Crippen LogP contribution >= 0.6 is 15.9 Å². The van der Waals surface area contributed by atoms with Crippen molar-refractivity contribution in [3.8, 4) is 0 Å². The van der Waals surface area contributed by atoms with Crippen LogP contribution in [0.15, 0.2) is 64.0 Å². The van der Waals surface area contributed by atoms with E-state index in [1.165, 1.54) is 12.1 Å². The molecular weight excluding hydrogens is 360 g/mol. The van der Waals surface area contributed by atoms with E-state index < -0.39 is 16.0 Å². The summed E-state index contributed by atoms with van der Waals surface area (Å²) >= 11 is 3.12. The maximum Gasteiger partial charge on any atom is 0.336 e. The number of aromatic carboxylic acids is 1. The molecule has 0 bridgehead atoms. The smallest absolute Gasteiger partial charge is 0.336 e. The van der Waals surface area contributed by atoms with Gasteiger partial charge >= 0.3 is 5.97 Å². The summed E-state index contributed by atoms with van der Waals surface area (Å²) in [4.78, 5) is 12.3. The molecular formula is C13H13BrN2O4S. The summed E-state index contributed by atoms with van der Waals surface area (Å²) in [6.45, 7) is 0. The van der Waals surface area contributed by atoms with Crippen molar-refractivity contribution < 1.29 is 18.3 Å². The number of carboxylic acids is 1. The Kier molecular flexibility index (Phi) is 6.50. The molecule has 0 saturated heterocycles. The van der Waals surface area contributed by atoms with Gasteiger partial charge in [-0.05, 0) is 40.2 Å². The second-order valence-corrected chi connectivity index (χ2v) is 6.29. The van der Waals surface area contributed by atoms with E-state index in [4.69, 9.17) is 10.9 Å². The fourth-order valence-electron chi connectivity index (χ4n) is 1.30. The zero-order valence-corrected chi connectivity index (χ0v) is 13.1. The summed E-state index contributed by atoms with van der Waals surface area (Å²) in [7, 11) is -3.47. The second-order valence-electron chi connectivity index (χ2n) is 3.72. The number of hydrogen-bond donors (Lipinski definition) is 3. The minimum absolute atomic E-state index is 0.169. The van der Waals surface area contributed by atoms with Gasteiger partial charge in [0.25, 0.3) is 10.0 Å². The van der Waals surface area contributed by atoms with Crippen molar-refractivity contribution in [2.75, 3.05) is 0 Å². The van der Waals surface area contributed by atoms with E-state index in [-0.39, 0.29) is 4.90 Å². The van der Waals surface area contributed by atoms with Crippen molar-refractivity contribution in [1.29, 1.82) is 0 Å². The quantitative estimate of drug-likeness (QED) is 0.563. The molecule has 0 fully saturated rings. The molecule has 2 rings (SSSR count). The fourth-order valence-corrected chi connectivity index (χ4v) is 2.41. The standard InChI is InChI=1S/C7H5BrO2.C6H8N2O2S/c8-6-4-2-1-3-5(6)7(9)10;7-8-11(9,10)6-4-2-1-3-5-6/h1-4H,(H,9,10);1-5,8H,7H2. The van der Waals surface area contributed by atoms with Gasteiger partial charge < -0.3 is 5.11 Å². The molecule has 112 valence electrons. The summed E-state index contributed by atoms with van der Waals surface area (Å²) in [5.41, 5.74) is 0.294. The van der Waals surface area contributed by atoms with Gasteiger partial charge in [-0.25, -0.2) is 13.2 Å². The predicted molar refractivity (Wildman–Crippen MR) is 82.1 cm³/mol. The van der Waals surface area contributed by atoms with E-state index in [0.717, 1.165) is 0 Å². The Morgan fingerprint density at radius 1 is 1.05 bits per heavy atom. The zero-order chi connectivity index (χ0) is 15.9. The number of carboxylic acid groups (broad SMARTS) is 1. The number of carbonyl (C=O) groups is 1. The molecule has 0 aromatic heterocycles. The molecule has 4 N–H and O–H groups in total. The van der Waals surface area contributed by atoms with Gasteiger partial charge in [0, 0.05) is 4.47 Å². The van der Waals surface area contributed by atoms with Crippen molar-refractivity contribution in [3.63, 3.8) is 0 Å². The van der Waals surface area contributed by atoms with E-state index in [0.29, 0.717) is 10.0 Å². The predicted octanol–water partition coefficient (Wildman–Crippen LogP) is 1.99. The first-order chi connectivity index (χ1) is 9.88. The number of rotatable bonds is 3. The average Bonchev–Trinajstić information content (AvgIpc) is 2.49. The van der Waals surface area contributed by atoms with Crippen molar-refractivity contribution in [2.45, 2.75) is 4.90 Å². The molecule has 0 aliphatic rings. The highest BCUT2D eigenvalue weighted by Gasteiger charge is 2.08. The molecule has 21 heavy (non-hydrogen) atoms. The van der Waals surface area contributed by atoms with E-state index in [1.807, 2.05) is 0 Å². The number of nitrogens with one attached hydrogen (secondary N) is 1. The van der Waals surface area contributed by atoms with Crippen LogP contribution in [0.5, 0.6) is 0 Å². The van der Waals surface area contributed by atoms with Crippen LogP contribution in [0.2, 0.25) is 0 Å². The molecule has 8 heteroatoms. The third-order valence-electron chi connectivity index (χ3n) is 2.31. The number of halogens is 1. The molecule has 0 heterocycles. The molecule has 0 saturated carbocycles. The number of nitrogens with two attached hydrogens (primary N) is 1. The zero-order valence-electron chi connectivity index (χ0n) is 10.7. The molecule has 0 amide bonds. The van der Waals surface area contributed by atoms with Gasteiger partial charge in [0.1, 0.15) is 0 Å². The highest BCUT2D eigenvalue weighted by atomic mass is 79.9. The van der Waals surface area contributed by atoms with Crippen molar-refractivity contribution in [1.82, 2.24) is 4.83 Å². The van der Waals surface area contributed by atoms with E-state index >= 15 is 0 Å². The fraction of sp³-hybridized carbons (Fsp3) is 0. The first-order valence-electron chi connectivity index (χ1n) is 5.64. The first kappa shape index (κ1) is 17.3. The molecule has 2 aromatic carbocycles. The van der Waals surface area contributed by atoms with Crippen LogP contribution < -0.4 is 10.7 Å². The van der Waals surface area contributed by atoms with Crippen LogP contribution in [-0.2, 0) is 10.0 Å². The molecule has 0 spiro atoms. The van der Waals surface area contributed by atoms with Gasteiger partial charge in [0.2, 0.25) is 0 Å². The Morgan fingerprint density at radius 3 is 2.00 bits per heavy atom. The summed E-state index contributed by atoms with van der Waals surface area (Å²) in [5.74, 6) is 3.89. The van der Waals surface area contributed by atoms with Crippen LogP contribution in [0, 0.1) is 0 Å². The van der Waals surface area contributed by atoms with Crippen LogP contribution in [-0.4, -0.2) is 19.5 Å². The van der Waals surface area contributed by atoms with Gasteiger partial charge in [0.05, 0.1) is 10.5 Å². The minimum Gasteiger partial charge on any atom is -0.478 e. The third kappa shape index (κ3) is 5.27. The molecule has 0 radical (unpaired) electrons. The molecule has 2 aromatic rings. The molecule has 0 unspecified atom stereocenters. The summed E-state index contributed by atoms with van der Waals surface area (Å²) in [6.07, 6.45) is 0. The Morgan fingerprint density at radius 2 is 1.57 bits per heavy atom.